The van der Waals surface area contributed by atoms with Crippen molar-refractivity contribution in [2.24, 2.45) is 0 Å². The van der Waals surface area contributed by atoms with Crippen molar-refractivity contribution in [2.75, 3.05) is 5.32 Å². The second-order valence-corrected chi connectivity index (χ2v) is 4.43. The van der Waals surface area contributed by atoms with Gasteiger partial charge in [-0.3, -0.25) is 15.1 Å². The highest BCUT2D eigenvalue weighted by molar-refractivity contribution is 5.48. The van der Waals surface area contributed by atoms with Crippen molar-refractivity contribution in [3.8, 4) is 0 Å². The van der Waals surface area contributed by atoms with E-state index in [0.717, 1.165) is 17.7 Å². The lowest BCUT2D eigenvalue weighted by atomic mass is 10.1. The summed E-state index contributed by atoms with van der Waals surface area (Å²) in [5, 5.41) is 13.8. The minimum Gasteiger partial charge on any atom is -0.364 e. The highest BCUT2D eigenvalue weighted by atomic mass is 16.6. The molecular formula is C14H16N4O2. The molecule has 0 aliphatic rings. The first-order chi connectivity index (χ1) is 9.61. The molecule has 1 N–H and O–H groups in total. The predicted octanol–water partition coefficient (Wildman–Crippen LogP) is 2.87. The van der Waals surface area contributed by atoms with E-state index in [1.807, 2.05) is 12.1 Å². The summed E-state index contributed by atoms with van der Waals surface area (Å²) < 4.78 is 0. The molecule has 0 bridgehead atoms. The van der Waals surface area contributed by atoms with Gasteiger partial charge >= 0.3 is 0 Å². The third-order valence-electron chi connectivity index (χ3n) is 3.06. The topological polar surface area (TPSA) is 81.0 Å². The van der Waals surface area contributed by atoms with Crippen molar-refractivity contribution >= 4 is 11.5 Å². The summed E-state index contributed by atoms with van der Waals surface area (Å²) in [7, 11) is 0. The van der Waals surface area contributed by atoms with Gasteiger partial charge < -0.3 is 5.32 Å². The van der Waals surface area contributed by atoms with E-state index in [9.17, 15) is 10.1 Å². The van der Waals surface area contributed by atoms with Crippen molar-refractivity contribution in [1.82, 2.24) is 9.97 Å². The predicted molar refractivity (Wildman–Crippen MR) is 76.6 cm³/mol. The molecule has 0 saturated carbocycles. The first-order valence-electron chi connectivity index (χ1n) is 6.39. The number of pyridine rings is 2. The van der Waals surface area contributed by atoms with E-state index in [2.05, 4.69) is 22.2 Å². The SMILES string of the molecule is CCc1cccnc1CNc1ncc([N+](=O)[O-])cc1C. The van der Waals surface area contributed by atoms with Gasteiger partial charge in [-0.15, -0.1) is 0 Å². The second kappa shape index (κ2) is 6.10. The van der Waals surface area contributed by atoms with Gasteiger partial charge in [0.15, 0.2) is 0 Å². The fourth-order valence-corrected chi connectivity index (χ4v) is 1.96. The maximum Gasteiger partial charge on any atom is 0.287 e. The van der Waals surface area contributed by atoms with Gasteiger partial charge in [-0.05, 0) is 30.5 Å². The largest absolute Gasteiger partial charge is 0.364 e. The number of hydrogen-bond donors (Lipinski definition) is 1. The van der Waals surface area contributed by atoms with Crippen LogP contribution in [0.2, 0.25) is 0 Å². The zero-order valence-corrected chi connectivity index (χ0v) is 11.5. The van der Waals surface area contributed by atoms with Gasteiger partial charge in [-0.2, -0.15) is 0 Å². The monoisotopic (exact) mass is 272 g/mol. The van der Waals surface area contributed by atoms with Crippen molar-refractivity contribution in [3.63, 3.8) is 0 Å². The Morgan fingerprint density at radius 2 is 2.20 bits per heavy atom. The van der Waals surface area contributed by atoms with Gasteiger partial charge in [0.2, 0.25) is 0 Å². The van der Waals surface area contributed by atoms with Gasteiger partial charge in [0, 0.05) is 12.3 Å². The van der Waals surface area contributed by atoms with Crippen molar-refractivity contribution in [2.45, 2.75) is 26.8 Å². The van der Waals surface area contributed by atoms with Gasteiger partial charge in [-0.25, -0.2) is 4.98 Å². The molecule has 0 unspecified atom stereocenters. The van der Waals surface area contributed by atoms with E-state index in [1.165, 1.54) is 17.8 Å². The normalized spacial score (nSPS) is 10.3. The number of hydrogen-bond acceptors (Lipinski definition) is 5. The van der Waals surface area contributed by atoms with Crippen LogP contribution in [0.5, 0.6) is 0 Å². The van der Waals surface area contributed by atoms with Gasteiger partial charge in [-0.1, -0.05) is 13.0 Å². The summed E-state index contributed by atoms with van der Waals surface area (Å²) in [6, 6.07) is 5.46. The molecule has 0 saturated heterocycles. The lowest BCUT2D eigenvalue weighted by Crippen LogP contribution is -2.07. The quantitative estimate of drug-likeness (QED) is 0.668. The fraction of sp³-hybridized carbons (Fsp3) is 0.286. The highest BCUT2D eigenvalue weighted by Crippen LogP contribution is 2.18. The Morgan fingerprint density at radius 1 is 1.40 bits per heavy atom. The van der Waals surface area contributed by atoms with Crippen LogP contribution in [0.4, 0.5) is 11.5 Å². The van der Waals surface area contributed by atoms with Gasteiger partial charge in [0.05, 0.1) is 17.2 Å². The molecule has 6 heteroatoms. The summed E-state index contributed by atoms with van der Waals surface area (Å²) in [5.41, 5.74) is 2.89. The van der Waals surface area contributed by atoms with Gasteiger partial charge in [0.1, 0.15) is 12.0 Å². The summed E-state index contributed by atoms with van der Waals surface area (Å²) >= 11 is 0. The van der Waals surface area contributed by atoms with E-state index in [1.54, 1.807) is 13.1 Å². The van der Waals surface area contributed by atoms with Crippen LogP contribution in [0.1, 0.15) is 23.7 Å². The molecule has 0 aliphatic heterocycles. The highest BCUT2D eigenvalue weighted by Gasteiger charge is 2.10. The minimum atomic E-state index is -0.447. The molecule has 0 aliphatic carbocycles. The average molecular weight is 272 g/mol. The third kappa shape index (κ3) is 3.09. The summed E-state index contributed by atoms with van der Waals surface area (Å²) in [6.45, 7) is 4.42. The van der Waals surface area contributed by atoms with Crippen LogP contribution in [0.25, 0.3) is 0 Å². The second-order valence-electron chi connectivity index (χ2n) is 4.43. The Kier molecular flexibility index (Phi) is 4.24. The minimum absolute atomic E-state index is 0.000123. The smallest absolute Gasteiger partial charge is 0.287 e. The van der Waals surface area contributed by atoms with Gasteiger partial charge in [0.25, 0.3) is 5.69 Å². The number of aromatic nitrogens is 2. The molecule has 2 aromatic heterocycles. The first kappa shape index (κ1) is 13.9. The molecule has 20 heavy (non-hydrogen) atoms. The third-order valence-corrected chi connectivity index (χ3v) is 3.06. The van der Waals surface area contributed by atoms with E-state index in [-0.39, 0.29) is 5.69 Å². The molecule has 0 radical (unpaired) electrons. The van der Waals surface area contributed by atoms with Crippen LogP contribution in [-0.4, -0.2) is 14.9 Å². The molecule has 2 rings (SSSR count). The molecule has 0 atom stereocenters. The molecule has 0 amide bonds. The zero-order valence-electron chi connectivity index (χ0n) is 11.5. The number of aryl methyl sites for hydroxylation is 2. The Morgan fingerprint density at radius 3 is 2.85 bits per heavy atom. The molecule has 2 heterocycles. The molecule has 0 aromatic carbocycles. The molecule has 104 valence electrons. The first-order valence-corrected chi connectivity index (χ1v) is 6.39. The van der Waals surface area contributed by atoms with Crippen molar-refractivity contribution in [3.05, 3.63) is 57.5 Å². The number of nitrogens with zero attached hydrogens (tertiary/aromatic N) is 3. The van der Waals surface area contributed by atoms with Crippen LogP contribution in [0.15, 0.2) is 30.6 Å². The Bertz CT molecular complexity index is 628. The van der Waals surface area contributed by atoms with E-state index in [4.69, 9.17) is 0 Å². The molecular weight excluding hydrogens is 256 g/mol. The Balaban J connectivity index is 2.13. The van der Waals surface area contributed by atoms with E-state index < -0.39 is 4.92 Å². The summed E-state index contributed by atoms with van der Waals surface area (Å²) in [6.07, 6.45) is 3.93. The van der Waals surface area contributed by atoms with Crippen LogP contribution < -0.4 is 5.32 Å². The number of anilines is 1. The standard InChI is InChI=1S/C14H16N4O2/c1-3-11-5-4-6-15-13(11)9-17-14-10(2)7-12(8-16-14)18(19)20/h4-8H,3,9H2,1-2H3,(H,16,17). The van der Waals surface area contributed by atoms with Crippen LogP contribution in [0.3, 0.4) is 0 Å². The van der Waals surface area contributed by atoms with Crippen LogP contribution in [-0.2, 0) is 13.0 Å². The van der Waals surface area contributed by atoms with Crippen molar-refractivity contribution in [1.29, 1.82) is 0 Å². The van der Waals surface area contributed by atoms with E-state index in [0.29, 0.717) is 12.4 Å². The molecule has 6 nitrogen and oxygen atoms in total. The maximum absolute atomic E-state index is 10.7. The maximum atomic E-state index is 10.7. The average Bonchev–Trinajstić information content (AvgIpc) is 2.46. The Labute approximate surface area is 117 Å². The molecule has 2 aromatic rings. The lowest BCUT2D eigenvalue weighted by molar-refractivity contribution is -0.385. The van der Waals surface area contributed by atoms with Crippen LogP contribution >= 0.6 is 0 Å². The fourth-order valence-electron chi connectivity index (χ4n) is 1.96. The number of nitro groups is 1. The molecule has 0 fully saturated rings. The number of nitrogens with one attached hydrogen (secondary N) is 1. The lowest BCUT2D eigenvalue weighted by Gasteiger charge is -2.10. The van der Waals surface area contributed by atoms with E-state index >= 15 is 0 Å². The number of rotatable bonds is 5. The Hall–Kier alpha value is -2.50. The summed E-state index contributed by atoms with van der Waals surface area (Å²) in [5.74, 6) is 0.642. The summed E-state index contributed by atoms with van der Waals surface area (Å²) in [4.78, 5) is 18.6. The van der Waals surface area contributed by atoms with Crippen molar-refractivity contribution < 1.29 is 4.92 Å². The zero-order chi connectivity index (χ0) is 14.5. The molecule has 0 spiro atoms. The van der Waals surface area contributed by atoms with Crippen LogP contribution in [0, 0.1) is 17.0 Å².